The van der Waals surface area contributed by atoms with Gasteiger partial charge in [-0.25, -0.2) is 0 Å². The Hall–Kier alpha value is -2.76. The molecular weight excluding hydrogens is 730 g/mol. The van der Waals surface area contributed by atoms with Crippen LogP contribution >= 0.6 is 0 Å². The molecule has 1 radical (unpaired) electrons. The van der Waals surface area contributed by atoms with Crippen molar-refractivity contribution in [2.75, 3.05) is 0 Å². The van der Waals surface area contributed by atoms with Crippen molar-refractivity contribution in [3.8, 4) is 11.3 Å². The molecular formula is C30H27F2IrN2O2Se-. The van der Waals surface area contributed by atoms with Crippen LogP contribution in [0.1, 0.15) is 45.9 Å². The number of ketones is 1. The van der Waals surface area contributed by atoms with Crippen LogP contribution in [0.5, 0.6) is 0 Å². The zero-order valence-electron chi connectivity index (χ0n) is 21.9. The summed E-state index contributed by atoms with van der Waals surface area (Å²) in [6, 6.07) is 16.3. The minimum Gasteiger partial charge on any atom is 0 e. The van der Waals surface area contributed by atoms with Gasteiger partial charge in [-0.1, -0.05) is 0 Å². The summed E-state index contributed by atoms with van der Waals surface area (Å²) in [4.78, 5) is 19.5. The van der Waals surface area contributed by atoms with E-state index in [9.17, 15) is 13.6 Å². The van der Waals surface area contributed by atoms with Crippen molar-refractivity contribution in [3.63, 3.8) is 0 Å². The Kier molecular flexibility index (Phi) is 9.05. The van der Waals surface area contributed by atoms with E-state index in [0.717, 1.165) is 37.6 Å². The number of aryl methyl sites for hydroxylation is 1. The fraction of sp³-hybridized carbons (Fsp3) is 0.233. The van der Waals surface area contributed by atoms with Gasteiger partial charge in [0.1, 0.15) is 0 Å². The summed E-state index contributed by atoms with van der Waals surface area (Å²) in [7, 11) is 0. The molecule has 0 saturated carbocycles. The van der Waals surface area contributed by atoms with Crippen molar-refractivity contribution < 1.29 is 38.8 Å². The van der Waals surface area contributed by atoms with Crippen LogP contribution in [0.3, 0.4) is 0 Å². The third-order valence-electron chi connectivity index (χ3n) is 5.73. The van der Waals surface area contributed by atoms with Crippen LogP contribution in [0, 0.1) is 24.6 Å². The molecule has 0 aliphatic rings. The number of allylic oxidation sites excluding steroid dienone is 2. The number of hydrogen-bond acceptors (Lipinski definition) is 4. The van der Waals surface area contributed by atoms with Crippen molar-refractivity contribution in [2.45, 2.75) is 47.0 Å². The van der Waals surface area contributed by atoms with Crippen LogP contribution in [0.4, 0.5) is 8.78 Å². The van der Waals surface area contributed by atoms with E-state index < -0.39 is 0 Å². The molecule has 0 spiro atoms. The maximum Gasteiger partial charge on any atom is 0 e. The van der Waals surface area contributed by atoms with Crippen LogP contribution < -0.4 is 0 Å². The van der Waals surface area contributed by atoms with Crippen molar-refractivity contribution in [3.05, 3.63) is 83.3 Å². The van der Waals surface area contributed by atoms with Gasteiger partial charge in [-0.15, -0.1) is 0 Å². The second-order valence-corrected chi connectivity index (χ2v) is 12.1. The summed E-state index contributed by atoms with van der Waals surface area (Å²) in [6.45, 7) is 10.8. The maximum absolute atomic E-state index is 14.7. The van der Waals surface area contributed by atoms with Gasteiger partial charge in [-0.05, 0) is 13.8 Å². The predicted octanol–water partition coefficient (Wildman–Crippen LogP) is 7.38. The first kappa shape index (κ1) is 29.8. The number of fused-ring (bicyclic) bond motifs is 4. The Labute approximate surface area is 239 Å². The van der Waals surface area contributed by atoms with Gasteiger partial charge >= 0.3 is 179 Å². The average molecular weight is 757 g/mol. The molecule has 0 amide bonds. The second kappa shape index (κ2) is 11.5. The van der Waals surface area contributed by atoms with E-state index in [1.165, 1.54) is 26.0 Å². The van der Waals surface area contributed by atoms with Gasteiger partial charge in [0.2, 0.25) is 0 Å². The van der Waals surface area contributed by atoms with Crippen molar-refractivity contribution in [1.29, 1.82) is 0 Å². The summed E-state index contributed by atoms with van der Waals surface area (Å²) in [5.74, 6) is -0.732. The van der Waals surface area contributed by atoms with E-state index in [4.69, 9.17) is 15.1 Å². The Balaban J connectivity index is 0.000000444. The molecule has 2 aromatic carbocycles. The van der Waals surface area contributed by atoms with Gasteiger partial charge in [0.25, 0.3) is 0 Å². The SMILES string of the molecule is CC(=O)/C=C(/C)O.Cc1cc(F)c2[se]c3[c-]c(-c4ccc5nc(C(C)(C)C)ccc5n4)ccc3c2c1F.[Ir]. The first-order valence-corrected chi connectivity index (χ1v) is 13.5. The molecule has 199 valence electrons. The molecule has 0 atom stereocenters. The molecule has 1 N–H and O–H groups in total. The van der Waals surface area contributed by atoms with Crippen LogP contribution in [-0.4, -0.2) is 35.4 Å². The molecule has 0 aliphatic heterocycles. The van der Waals surface area contributed by atoms with Crippen LogP contribution in [-0.2, 0) is 30.3 Å². The van der Waals surface area contributed by atoms with Gasteiger partial charge in [0.15, 0.2) is 5.78 Å². The Morgan fingerprint density at radius 2 is 1.68 bits per heavy atom. The zero-order valence-corrected chi connectivity index (χ0v) is 26.0. The van der Waals surface area contributed by atoms with Crippen LogP contribution in [0.25, 0.3) is 41.6 Å². The van der Waals surface area contributed by atoms with Gasteiger partial charge < -0.3 is 5.11 Å². The minimum atomic E-state index is -0.335. The standard InChI is InChI=1S/C25H19F2N2Se.C5H8O2.Ir/c1-13-11-16(26)24-22(23(13)27)15-6-5-14(12-20(15)30-24)17-7-8-19-18(28-17)9-10-21(29-19)25(2,3)4;1-4(6)3-5(2)7;/h5-11H,1-4H3;3,6H,1-2H3;/q-1;;/b;4-3-;. The monoisotopic (exact) mass is 758 g/mol. The maximum atomic E-state index is 14.7. The molecule has 5 rings (SSSR count). The molecule has 3 heterocycles. The third-order valence-corrected chi connectivity index (χ3v) is 8.10. The van der Waals surface area contributed by atoms with E-state index in [0.29, 0.717) is 15.2 Å². The van der Waals surface area contributed by atoms with E-state index in [1.807, 2.05) is 36.4 Å². The molecule has 0 unspecified atom stereocenters. The number of rotatable bonds is 2. The number of carbonyl (C=O) groups excluding carboxylic acids is 1. The van der Waals surface area contributed by atoms with Gasteiger partial charge in [0.05, 0.1) is 5.76 Å². The molecule has 38 heavy (non-hydrogen) atoms. The third kappa shape index (κ3) is 6.27. The van der Waals surface area contributed by atoms with Crippen molar-refractivity contribution in [1.82, 2.24) is 9.97 Å². The summed E-state index contributed by atoms with van der Waals surface area (Å²) in [6.07, 6.45) is 1.17. The normalized spacial score (nSPS) is 11.8. The van der Waals surface area contributed by atoms with Gasteiger partial charge in [0, 0.05) is 26.2 Å². The number of halogens is 2. The molecule has 0 aliphatic carbocycles. The summed E-state index contributed by atoms with van der Waals surface area (Å²) >= 11 is -0.320. The van der Waals surface area contributed by atoms with E-state index >= 15 is 0 Å². The Bertz CT molecular complexity index is 1700. The van der Waals surface area contributed by atoms with Crippen molar-refractivity contribution >= 4 is 50.6 Å². The summed E-state index contributed by atoms with van der Waals surface area (Å²) in [5, 5.41) is 9.50. The average Bonchev–Trinajstić information content (AvgIpc) is 3.20. The topological polar surface area (TPSA) is 63.1 Å². The molecule has 8 heteroatoms. The molecule has 0 saturated heterocycles. The molecule has 4 nitrogen and oxygen atoms in total. The smallest absolute Gasteiger partial charge is 0 e. The minimum absolute atomic E-state index is 0. The van der Waals surface area contributed by atoms with Crippen LogP contribution in [0.15, 0.2) is 54.3 Å². The number of carbonyl (C=O) groups is 1. The number of hydrogen-bond donors (Lipinski definition) is 1. The van der Waals surface area contributed by atoms with Gasteiger partial charge in [-0.3, -0.25) is 4.79 Å². The van der Waals surface area contributed by atoms with Crippen molar-refractivity contribution in [2.24, 2.45) is 0 Å². The number of aromatic nitrogens is 2. The number of benzene rings is 2. The molecule has 0 fully saturated rings. The first-order valence-electron chi connectivity index (χ1n) is 11.7. The van der Waals surface area contributed by atoms with Crippen LogP contribution in [0.2, 0.25) is 0 Å². The number of nitrogens with zero attached hydrogens (tertiary/aromatic N) is 2. The Morgan fingerprint density at radius 1 is 1.03 bits per heavy atom. The quantitative estimate of drug-likeness (QED) is 0.0885. The summed E-state index contributed by atoms with van der Waals surface area (Å²) in [5.41, 5.74) is 4.59. The first-order chi connectivity index (χ1) is 17.3. The largest absolute Gasteiger partial charge is 0 e. The summed E-state index contributed by atoms with van der Waals surface area (Å²) < 4.78 is 30.4. The fourth-order valence-corrected chi connectivity index (χ4v) is 6.26. The fourth-order valence-electron chi connectivity index (χ4n) is 3.95. The van der Waals surface area contributed by atoms with E-state index in [1.54, 1.807) is 6.92 Å². The molecule has 5 aromatic rings. The number of pyridine rings is 2. The molecule has 3 aromatic heterocycles. The molecule has 0 bridgehead atoms. The van der Waals surface area contributed by atoms with E-state index in [2.05, 4.69) is 26.8 Å². The Morgan fingerprint density at radius 3 is 2.29 bits per heavy atom. The number of aliphatic hydroxyl groups excluding tert-OH is 1. The zero-order chi connectivity index (χ0) is 27.1. The predicted molar refractivity (Wildman–Crippen MR) is 146 cm³/mol. The van der Waals surface area contributed by atoms with Gasteiger partial charge in [-0.2, -0.15) is 0 Å². The second-order valence-electron chi connectivity index (χ2n) is 9.99. The number of aliphatic hydroxyl groups is 1. The van der Waals surface area contributed by atoms with E-state index in [-0.39, 0.29) is 63.2 Å².